The summed E-state index contributed by atoms with van der Waals surface area (Å²) in [5, 5.41) is 7.78. The van der Waals surface area contributed by atoms with Crippen molar-refractivity contribution in [2.75, 3.05) is 0 Å². The van der Waals surface area contributed by atoms with Crippen LogP contribution in [0.25, 0.3) is 38.4 Å². The Labute approximate surface area is 229 Å². The van der Waals surface area contributed by atoms with Gasteiger partial charge in [0.2, 0.25) is 0 Å². The summed E-state index contributed by atoms with van der Waals surface area (Å²) in [5.74, 6) is 0. The van der Waals surface area contributed by atoms with Crippen molar-refractivity contribution in [2.45, 2.75) is 31.6 Å². The lowest BCUT2D eigenvalue weighted by atomic mass is 9.77. The molecule has 0 radical (unpaired) electrons. The zero-order valence-corrected chi connectivity index (χ0v) is 22.5. The highest BCUT2D eigenvalue weighted by atomic mass is 14.8. The molecule has 0 aromatic heterocycles. The Morgan fingerprint density at radius 3 is 1.92 bits per heavy atom. The minimum Gasteiger partial charge on any atom is -0.252 e. The molecule has 1 aliphatic heterocycles. The first-order valence-corrected chi connectivity index (χ1v) is 13.8. The van der Waals surface area contributed by atoms with E-state index in [1.807, 2.05) is 0 Å². The lowest BCUT2D eigenvalue weighted by Crippen LogP contribution is -2.26. The zero-order valence-electron chi connectivity index (χ0n) is 22.5. The van der Waals surface area contributed by atoms with Crippen LogP contribution in [0.15, 0.2) is 120 Å². The van der Waals surface area contributed by atoms with Crippen LogP contribution in [-0.2, 0) is 10.8 Å². The highest BCUT2D eigenvalue weighted by Crippen LogP contribution is 2.45. The Morgan fingerprint density at radius 2 is 1.15 bits per heavy atom. The maximum absolute atomic E-state index is 5.12. The molecule has 0 amide bonds. The fourth-order valence-electron chi connectivity index (χ4n) is 7.05. The van der Waals surface area contributed by atoms with Crippen LogP contribution in [0.1, 0.15) is 48.6 Å². The number of aliphatic imine (C=N–C) groups is 1. The van der Waals surface area contributed by atoms with Gasteiger partial charge in [-0.2, -0.15) is 0 Å². The van der Waals surface area contributed by atoms with Gasteiger partial charge in [-0.1, -0.05) is 117 Å². The second kappa shape index (κ2) is 7.77. The molecule has 1 atom stereocenters. The Hall–Kier alpha value is -4.49. The summed E-state index contributed by atoms with van der Waals surface area (Å²) in [7, 11) is 0. The van der Waals surface area contributed by atoms with Gasteiger partial charge < -0.3 is 0 Å². The van der Waals surface area contributed by atoms with Gasteiger partial charge in [-0.25, -0.2) is 0 Å². The molecular weight excluding hydrogens is 470 g/mol. The third-order valence-electron chi connectivity index (χ3n) is 9.23. The molecule has 1 nitrogen and oxygen atoms in total. The van der Waals surface area contributed by atoms with E-state index in [0.717, 1.165) is 11.4 Å². The molecule has 8 rings (SSSR count). The average Bonchev–Trinajstić information content (AvgIpc) is 3.47. The van der Waals surface area contributed by atoms with E-state index in [2.05, 4.69) is 142 Å². The fraction of sp³-hybridized carbons (Fsp3) is 0.132. The van der Waals surface area contributed by atoms with Crippen molar-refractivity contribution in [1.82, 2.24) is 0 Å². The molecule has 1 heterocycles. The van der Waals surface area contributed by atoms with Crippen LogP contribution in [0.4, 0.5) is 5.69 Å². The molecule has 0 fully saturated rings. The number of hydrogen-bond acceptors (Lipinski definition) is 1. The summed E-state index contributed by atoms with van der Waals surface area (Å²) in [6.45, 7) is 6.92. The first-order valence-electron chi connectivity index (χ1n) is 13.8. The van der Waals surface area contributed by atoms with Crippen LogP contribution in [-0.4, -0.2) is 5.71 Å². The van der Waals surface area contributed by atoms with Crippen LogP contribution in [0, 0.1) is 0 Å². The predicted octanol–water partition coefficient (Wildman–Crippen LogP) is 9.89. The maximum Gasteiger partial charge on any atom is 0.0675 e. The monoisotopic (exact) mass is 499 g/mol. The van der Waals surface area contributed by atoms with Crippen LogP contribution < -0.4 is 0 Å². The van der Waals surface area contributed by atoms with E-state index < -0.39 is 0 Å². The van der Waals surface area contributed by atoms with Crippen LogP contribution in [0.2, 0.25) is 0 Å². The second-order valence-electron chi connectivity index (χ2n) is 11.8. The van der Waals surface area contributed by atoms with Crippen molar-refractivity contribution in [3.8, 4) is 0 Å². The number of nitrogens with zero attached hydrogens (tertiary/aromatic N) is 1. The van der Waals surface area contributed by atoms with Gasteiger partial charge in [0.15, 0.2) is 0 Å². The smallest absolute Gasteiger partial charge is 0.0675 e. The van der Waals surface area contributed by atoms with E-state index >= 15 is 0 Å². The fourth-order valence-corrected chi connectivity index (χ4v) is 7.05. The summed E-state index contributed by atoms with van der Waals surface area (Å²) in [6, 6.07) is 40.2. The number of hydrogen-bond donors (Lipinski definition) is 0. The number of para-hydroxylation sites is 1. The van der Waals surface area contributed by atoms with Gasteiger partial charge in [-0.05, 0) is 85.3 Å². The van der Waals surface area contributed by atoms with E-state index in [-0.39, 0.29) is 10.8 Å². The van der Waals surface area contributed by atoms with Gasteiger partial charge in [0.05, 0.1) is 11.4 Å². The zero-order chi connectivity index (χ0) is 26.4. The molecule has 0 bridgehead atoms. The van der Waals surface area contributed by atoms with Crippen molar-refractivity contribution in [2.24, 2.45) is 4.99 Å². The molecule has 6 aromatic rings. The van der Waals surface area contributed by atoms with Gasteiger partial charge in [-0.3, -0.25) is 4.99 Å². The lowest BCUT2D eigenvalue weighted by molar-refractivity contribution is 0.737. The summed E-state index contributed by atoms with van der Waals surface area (Å²) in [5.41, 5.74) is 8.48. The molecule has 0 N–H and O–H groups in total. The quantitative estimate of drug-likeness (QED) is 0.210. The predicted molar refractivity (Wildman–Crippen MR) is 167 cm³/mol. The summed E-state index contributed by atoms with van der Waals surface area (Å²) < 4.78 is 0. The number of rotatable bonds is 2. The second-order valence-corrected chi connectivity index (χ2v) is 11.8. The summed E-state index contributed by atoms with van der Waals surface area (Å²) in [4.78, 5) is 5.12. The van der Waals surface area contributed by atoms with Crippen molar-refractivity contribution >= 4 is 49.8 Å². The Morgan fingerprint density at radius 1 is 0.538 bits per heavy atom. The van der Waals surface area contributed by atoms with Gasteiger partial charge in [-0.15, -0.1) is 0 Å². The standard InChI is InChI=1S/C38H29N/c1-37(2)34-14-8-9-15-35(34)39-36(37)25-16-18-29-30-19-17-26(38(3)21-20-24-10-4-7-13-33(24)38)23-32(30)28-12-6-5-11-27(28)31(29)22-25/h4-23H,1-3H3. The van der Waals surface area contributed by atoms with E-state index in [1.165, 1.54) is 60.1 Å². The van der Waals surface area contributed by atoms with Crippen molar-refractivity contribution in [3.63, 3.8) is 0 Å². The lowest BCUT2D eigenvalue weighted by Gasteiger charge is -2.26. The van der Waals surface area contributed by atoms with Gasteiger partial charge in [0, 0.05) is 10.8 Å². The molecule has 0 saturated carbocycles. The minimum atomic E-state index is -0.133. The molecule has 0 spiro atoms. The first kappa shape index (κ1) is 22.5. The van der Waals surface area contributed by atoms with Gasteiger partial charge >= 0.3 is 0 Å². The molecule has 2 aliphatic rings. The molecule has 0 saturated heterocycles. The van der Waals surface area contributed by atoms with Crippen molar-refractivity contribution in [3.05, 3.63) is 143 Å². The Balaban J connectivity index is 1.36. The Bertz CT molecular complexity index is 2040. The SMILES string of the molecule is CC1(C)C(c2ccc3c4ccc(C5(C)C=Cc6ccccc65)cc4c4ccccc4c3c2)=Nc2ccccc21. The number of benzene rings is 6. The van der Waals surface area contributed by atoms with Crippen LogP contribution in [0.3, 0.4) is 0 Å². The van der Waals surface area contributed by atoms with Crippen molar-refractivity contribution < 1.29 is 0 Å². The number of allylic oxidation sites excluding steroid dienone is 1. The van der Waals surface area contributed by atoms with E-state index in [9.17, 15) is 0 Å². The topological polar surface area (TPSA) is 12.4 Å². The average molecular weight is 500 g/mol. The molecule has 6 aromatic carbocycles. The van der Waals surface area contributed by atoms with Gasteiger partial charge in [0.1, 0.15) is 0 Å². The maximum atomic E-state index is 5.12. The minimum absolute atomic E-state index is 0.133. The summed E-state index contributed by atoms with van der Waals surface area (Å²) in [6.07, 6.45) is 4.63. The number of fused-ring (bicyclic) bond motifs is 8. The Kier molecular flexibility index (Phi) is 4.48. The summed E-state index contributed by atoms with van der Waals surface area (Å²) >= 11 is 0. The van der Waals surface area contributed by atoms with E-state index in [4.69, 9.17) is 4.99 Å². The van der Waals surface area contributed by atoms with E-state index in [1.54, 1.807) is 0 Å². The molecule has 1 aliphatic carbocycles. The van der Waals surface area contributed by atoms with Gasteiger partial charge in [0.25, 0.3) is 0 Å². The largest absolute Gasteiger partial charge is 0.252 e. The highest BCUT2D eigenvalue weighted by Gasteiger charge is 2.36. The van der Waals surface area contributed by atoms with E-state index in [0.29, 0.717) is 0 Å². The van der Waals surface area contributed by atoms with Crippen molar-refractivity contribution in [1.29, 1.82) is 0 Å². The highest BCUT2D eigenvalue weighted by molar-refractivity contribution is 6.26. The normalized spacial score (nSPS) is 19.0. The first-order chi connectivity index (χ1) is 18.9. The molecule has 39 heavy (non-hydrogen) atoms. The third-order valence-corrected chi connectivity index (χ3v) is 9.23. The molecular formula is C38H29N. The third kappa shape index (κ3) is 3.05. The molecule has 1 heteroatoms. The van der Waals surface area contributed by atoms with Crippen LogP contribution in [0.5, 0.6) is 0 Å². The van der Waals surface area contributed by atoms with Crippen LogP contribution >= 0.6 is 0 Å². The molecule has 186 valence electrons. The molecule has 1 unspecified atom stereocenters.